The van der Waals surface area contributed by atoms with Gasteiger partial charge >= 0.3 is 6.18 Å². The maximum absolute atomic E-state index is 12.7. The number of rotatable bonds is 4. The molecule has 3 rings (SSSR count). The lowest BCUT2D eigenvalue weighted by Crippen LogP contribution is -2.57. The van der Waals surface area contributed by atoms with Crippen molar-refractivity contribution in [1.82, 2.24) is 10.2 Å². The van der Waals surface area contributed by atoms with Gasteiger partial charge in [-0.2, -0.15) is 13.2 Å². The Kier molecular flexibility index (Phi) is 7.04. The Balaban J connectivity index is 0.00000208. The van der Waals surface area contributed by atoms with Crippen molar-refractivity contribution in [1.29, 1.82) is 0 Å². The third-order valence-corrected chi connectivity index (χ3v) is 5.72. The Hall–Kier alpha value is -0.250. The third kappa shape index (κ3) is 5.12. The van der Waals surface area contributed by atoms with Crippen LogP contribution in [0.1, 0.15) is 44.9 Å². The summed E-state index contributed by atoms with van der Waals surface area (Å²) >= 11 is 0. The van der Waals surface area contributed by atoms with Crippen molar-refractivity contribution in [2.75, 3.05) is 19.6 Å². The highest BCUT2D eigenvalue weighted by Crippen LogP contribution is 2.36. The summed E-state index contributed by atoms with van der Waals surface area (Å²) < 4.78 is 38.0. The number of guanidine groups is 1. The second-order valence-electron chi connectivity index (χ2n) is 7.34. The van der Waals surface area contributed by atoms with E-state index in [1.54, 1.807) is 0 Å². The van der Waals surface area contributed by atoms with Gasteiger partial charge in [0, 0.05) is 18.6 Å². The summed E-state index contributed by atoms with van der Waals surface area (Å²) in [6.07, 6.45) is 2.19. The molecular formula is C16H28F3IN4. The lowest BCUT2D eigenvalue weighted by Gasteiger charge is -2.46. The minimum Gasteiger partial charge on any atom is -0.370 e. The van der Waals surface area contributed by atoms with Crippen molar-refractivity contribution in [2.45, 2.75) is 63.2 Å². The molecule has 3 fully saturated rings. The van der Waals surface area contributed by atoms with E-state index in [0.717, 1.165) is 19.4 Å². The fourth-order valence-corrected chi connectivity index (χ4v) is 3.75. The van der Waals surface area contributed by atoms with Crippen LogP contribution in [-0.2, 0) is 0 Å². The molecule has 0 bridgehead atoms. The average molecular weight is 460 g/mol. The van der Waals surface area contributed by atoms with E-state index in [2.05, 4.69) is 15.2 Å². The van der Waals surface area contributed by atoms with Crippen LogP contribution < -0.4 is 11.1 Å². The molecule has 4 nitrogen and oxygen atoms in total. The van der Waals surface area contributed by atoms with E-state index in [1.807, 2.05) is 0 Å². The second kappa shape index (κ2) is 8.42. The van der Waals surface area contributed by atoms with Crippen molar-refractivity contribution >= 4 is 29.9 Å². The first kappa shape index (κ1) is 20.1. The zero-order valence-electron chi connectivity index (χ0n) is 13.9. The monoisotopic (exact) mass is 460 g/mol. The van der Waals surface area contributed by atoms with Crippen molar-refractivity contribution < 1.29 is 13.2 Å². The molecule has 1 saturated heterocycles. The molecule has 3 N–H and O–H groups in total. The average Bonchev–Trinajstić information content (AvgIpc) is 2.40. The minimum atomic E-state index is -4.03. The first-order valence-corrected chi connectivity index (χ1v) is 8.79. The van der Waals surface area contributed by atoms with Crippen LogP contribution in [0.25, 0.3) is 0 Å². The summed E-state index contributed by atoms with van der Waals surface area (Å²) in [5, 5.41) is 3.24. The Bertz CT molecular complexity index is 426. The van der Waals surface area contributed by atoms with E-state index in [9.17, 15) is 13.2 Å². The summed E-state index contributed by atoms with van der Waals surface area (Å²) in [5.74, 6) is 0.123. The standard InChI is InChI=1S/C16H27F3N4.HI/c17-16(18,19)12-4-6-23(7-5-12)14-8-13(9-14)22-15(20)21-10-11-2-1-3-11;/h11-14H,1-10H2,(H3,20,21,22);1H. The minimum absolute atomic E-state index is 0. The van der Waals surface area contributed by atoms with Gasteiger partial charge in [-0.15, -0.1) is 24.0 Å². The number of halogens is 4. The molecule has 24 heavy (non-hydrogen) atoms. The van der Waals surface area contributed by atoms with Crippen molar-refractivity contribution in [3.63, 3.8) is 0 Å². The smallest absolute Gasteiger partial charge is 0.370 e. The molecule has 0 radical (unpaired) electrons. The molecule has 0 spiro atoms. The largest absolute Gasteiger partial charge is 0.391 e. The molecule has 1 aliphatic heterocycles. The van der Waals surface area contributed by atoms with Crippen LogP contribution in [0.5, 0.6) is 0 Å². The number of hydrogen-bond acceptors (Lipinski definition) is 2. The first-order chi connectivity index (χ1) is 10.9. The molecule has 1 heterocycles. The molecule has 8 heteroatoms. The Morgan fingerprint density at radius 3 is 2.25 bits per heavy atom. The topological polar surface area (TPSA) is 53.6 Å². The number of alkyl halides is 3. The van der Waals surface area contributed by atoms with E-state index in [4.69, 9.17) is 5.73 Å². The fourth-order valence-electron chi connectivity index (χ4n) is 3.75. The van der Waals surface area contributed by atoms with Crippen molar-refractivity contribution in [2.24, 2.45) is 22.6 Å². The van der Waals surface area contributed by atoms with E-state index in [1.165, 1.54) is 19.3 Å². The number of nitrogens with zero attached hydrogens (tertiary/aromatic N) is 2. The SMILES string of the molecule is I.NC(=NCC1CCC1)NC1CC(N2CCC(C(F)(F)F)CC2)C1. The lowest BCUT2D eigenvalue weighted by atomic mass is 9.83. The molecule has 0 atom stereocenters. The maximum Gasteiger partial charge on any atom is 0.391 e. The number of aliphatic imine (C=N–C) groups is 1. The number of piperidine rings is 1. The normalized spacial score (nSPS) is 30.2. The lowest BCUT2D eigenvalue weighted by molar-refractivity contribution is -0.187. The second-order valence-corrected chi connectivity index (χ2v) is 7.34. The quantitative estimate of drug-likeness (QED) is 0.385. The number of likely N-dealkylation sites (tertiary alicyclic amines) is 1. The van der Waals surface area contributed by atoms with Crippen LogP contribution >= 0.6 is 24.0 Å². The summed E-state index contributed by atoms with van der Waals surface area (Å²) in [5.41, 5.74) is 5.90. The van der Waals surface area contributed by atoms with Gasteiger partial charge in [0.05, 0.1) is 5.92 Å². The van der Waals surface area contributed by atoms with Gasteiger partial charge in [-0.3, -0.25) is 4.99 Å². The van der Waals surface area contributed by atoms with Gasteiger partial charge in [-0.25, -0.2) is 0 Å². The molecule has 3 aliphatic rings. The van der Waals surface area contributed by atoms with Crippen LogP contribution in [0, 0.1) is 11.8 Å². The fraction of sp³-hybridized carbons (Fsp3) is 0.938. The highest BCUT2D eigenvalue weighted by atomic mass is 127. The van der Waals surface area contributed by atoms with E-state index in [-0.39, 0.29) is 36.8 Å². The zero-order chi connectivity index (χ0) is 16.4. The van der Waals surface area contributed by atoms with Gasteiger partial charge in [-0.05, 0) is 57.5 Å². The number of nitrogens with one attached hydrogen (secondary N) is 1. The molecular weight excluding hydrogens is 432 g/mol. The molecule has 0 aromatic heterocycles. The number of nitrogens with two attached hydrogens (primary N) is 1. The van der Waals surface area contributed by atoms with Crippen molar-refractivity contribution in [3.8, 4) is 0 Å². The summed E-state index contributed by atoms with van der Waals surface area (Å²) in [6.45, 7) is 1.94. The maximum atomic E-state index is 12.7. The van der Waals surface area contributed by atoms with Gasteiger partial charge in [0.1, 0.15) is 0 Å². The van der Waals surface area contributed by atoms with Crippen LogP contribution in [0.15, 0.2) is 4.99 Å². The summed E-state index contributed by atoms with van der Waals surface area (Å²) in [6, 6.07) is 0.728. The van der Waals surface area contributed by atoms with Gasteiger partial charge < -0.3 is 16.0 Å². The highest BCUT2D eigenvalue weighted by molar-refractivity contribution is 14.0. The van der Waals surface area contributed by atoms with E-state index in [0.29, 0.717) is 37.1 Å². The molecule has 140 valence electrons. The van der Waals surface area contributed by atoms with Crippen LogP contribution in [0.2, 0.25) is 0 Å². The molecule has 2 aliphatic carbocycles. The van der Waals surface area contributed by atoms with Gasteiger partial charge in [0.25, 0.3) is 0 Å². The molecule has 0 aromatic rings. The van der Waals surface area contributed by atoms with Gasteiger partial charge in [-0.1, -0.05) is 6.42 Å². The number of hydrogen-bond donors (Lipinski definition) is 2. The summed E-state index contributed by atoms with van der Waals surface area (Å²) in [7, 11) is 0. The molecule has 2 saturated carbocycles. The van der Waals surface area contributed by atoms with Crippen LogP contribution in [-0.4, -0.2) is 48.8 Å². The van der Waals surface area contributed by atoms with E-state index < -0.39 is 12.1 Å². The van der Waals surface area contributed by atoms with Gasteiger partial charge in [0.2, 0.25) is 0 Å². The Morgan fingerprint density at radius 1 is 1.12 bits per heavy atom. The highest BCUT2D eigenvalue weighted by Gasteiger charge is 2.43. The van der Waals surface area contributed by atoms with Crippen molar-refractivity contribution in [3.05, 3.63) is 0 Å². The predicted molar refractivity (Wildman–Crippen MR) is 99.5 cm³/mol. The first-order valence-electron chi connectivity index (χ1n) is 8.79. The Morgan fingerprint density at radius 2 is 1.75 bits per heavy atom. The molecule has 0 unspecified atom stereocenters. The Labute approximate surface area is 158 Å². The zero-order valence-corrected chi connectivity index (χ0v) is 16.2. The predicted octanol–water partition coefficient (Wildman–Crippen LogP) is 3.11. The summed E-state index contributed by atoms with van der Waals surface area (Å²) in [4.78, 5) is 6.60. The van der Waals surface area contributed by atoms with Gasteiger partial charge in [0.15, 0.2) is 5.96 Å². The van der Waals surface area contributed by atoms with E-state index >= 15 is 0 Å². The molecule has 0 amide bonds. The third-order valence-electron chi connectivity index (χ3n) is 5.72. The van der Waals surface area contributed by atoms with Crippen LogP contribution in [0.4, 0.5) is 13.2 Å². The molecule has 0 aromatic carbocycles. The van der Waals surface area contributed by atoms with Crippen LogP contribution in [0.3, 0.4) is 0 Å².